The van der Waals surface area contributed by atoms with Gasteiger partial charge in [-0.3, -0.25) is 0 Å². The minimum absolute atomic E-state index is 0.210. The minimum atomic E-state index is -0.550. The third kappa shape index (κ3) is 3.63. The number of methoxy groups -OCH3 is 2. The summed E-state index contributed by atoms with van der Waals surface area (Å²) in [6, 6.07) is 6.33. The number of hydrogen-bond acceptors (Lipinski definition) is 4. The Labute approximate surface area is 97.1 Å². The monoisotopic (exact) mass is 242 g/mol. The van der Waals surface area contributed by atoms with Crippen LogP contribution in [0, 0.1) is 0 Å². The van der Waals surface area contributed by atoms with Gasteiger partial charge in [-0.1, -0.05) is 18.8 Å². The number of ether oxygens (including phenoxy) is 2. The molecule has 0 bridgehead atoms. The number of benzene rings is 1. The van der Waals surface area contributed by atoms with Gasteiger partial charge < -0.3 is 9.47 Å². The molecule has 1 aromatic carbocycles. The number of carbonyl (C=O) groups excluding carboxylic acids is 2. The Kier molecular flexibility index (Phi) is 7.14. The normalized spacial score (nSPS) is 8.50. The predicted molar refractivity (Wildman–Crippen MR) is 64.8 cm³/mol. The van der Waals surface area contributed by atoms with Gasteiger partial charge in [0.2, 0.25) is 0 Å². The Morgan fingerprint density at radius 1 is 0.938 bits per heavy atom. The van der Waals surface area contributed by atoms with E-state index in [-0.39, 0.29) is 11.1 Å². The van der Waals surface area contributed by atoms with Crippen molar-refractivity contribution in [2.45, 2.75) is 0 Å². The van der Waals surface area contributed by atoms with Crippen molar-refractivity contribution in [3.8, 4) is 0 Å². The van der Waals surface area contributed by atoms with Gasteiger partial charge in [0.15, 0.2) is 0 Å². The largest absolute Gasteiger partial charge is 0.465 e. The van der Waals surface area contributed by atoms with Crippen LogP contribution >= 0.6 is 9.24 Å². The van der Waals surface area contributed by atoms with Gasteiger partial charge in [-0.05, 0) is 12.1 Å². The van der Waals surface area contributed by atoms with Gasteiger partial charge in [-0.15, -0.1) is 9.24 Å². The second-order valence-electron chi connectivity index (χ2n) is 2.53. The molecule has 0 aliphatic carbocycles. The van der Waals surface area contributed by atoms with Gasteiger partial charge >= 0.3 is 11.9 Å². The number of carbonyl (C=O) groups is 2. The standard InChI is InChI=1S/C10H10O4.CH5P/c1-13-9(11)7-5-3-4-6-8(7)10(12)14-2;1-2/h3-6H,1-2H3;2H2,1H3. The molecule has 1 atom stereocenters. The zero-order chi connectivity index (χ0) is 12.6. The van der Waals surface area contributed by atoms with E-state index in [4.69, 9.17) is 0 Å². The van der Waals surface area contributed by atoms with Crippen LogP contribution in [0.4, 0.5) is 0 Å². The van der Waals surface area contributed by atoms with Crippen LogP contribution in [0.2, 0.25) is 0 Å². The van der Waals surface area contributed by atoms with Crippen LogP contribution in [0.3, 0.4) is 0 Å². The first-order valence-electron chi connectivity index (χ1n) is 4.54. The summed E-state index contributed by atoms with van der Waals surface area (Å²) in [4.78, 5) is 22.4. The summed E-state index contributed by atoms with van der Waals surface area (Å²) < 4.78 is 9.05. The second kappa shape index (κ2) is 7.83. The summed E-state index contributed by atoms with van der Waals surface area (Å²) in [5.74, 6) is -1.10. The average molecular weight is 242 g/mol. The van der Waals surface area contributed by atoms with E-state index in [1.807, 2.05) is 6.66 Å². The highest BCUT2D eigenvalue weighted by Crippen LogP contribution is 2.10. The topological polar surface area (TPSA) is 52.6 Å². The molecule has 0 radical (unpaired) electrons. The molecule has 0 aliphatic heterocycles. The highest BCUT2D eigenvalue weighted by atomic mass is 31.0. The van der Waals surface area contributed by atoms with E-state index in [0.29, 0.717) is 0 Å². The summed E-state index contributed by atoms with van der Waals surface area (Å²) in [5.41, 5.74) is 0.420. The Morgan fingerprint density at radius 3 is 1.50 bits per heavy atom. The molecular weight excluding hydrogens is 227 g/mol. The fourth-order valence-corrected chi connectivity index (χ4v) is 1.06. The lowest BCUT2D eigenvalue weighted by molar-refractivity contribution is 0.0555. The Bertz CT molecular complexity index is 328. The third-order valence-corrected chi connectivity index (χ3v) is 1.74. The maximum absolute atomic E-state index is 11.2. The first kappa shape index (κ1) is 14.6. The predicted octanol–water partition coefficient (Wildman–Crippen LogP) is 1.75. The molecule has 1 rings (SSSR count). The van der Waals surface area contributed by atoms with Crippen molar-refractivity contribution < 1.29 is 19.1 Å². The van der Waals surface area contributed by atoms with Crippen LogP contribution in [0.15, 0.2) is 24.3 Å². The molecule has 5 heteroatoms. The quantitative estimate of drug-likeness (QED) is 0.585. The van der Waals surface area contributed by atoms with E-state index in [2.05, 4.69) is 18.7 Å². The molecule has 88 valence electrons. The van der Waals surface area contributed by atoms with Gasteiger partial charge in [-0.25, -0.2) is 9.59 Å². The van der Waals surface area contributed by atoms with Gasteiger partial charge in [0.1, 0.15) is 0 Å². The molecule has 0 saturated heterocycles. The minimum Gasteiger partial charge on any atom is -0.465 e. The summed E-state index contributed by atoms with van der Waals surface area (Å²) in [6.45, 7) is 1.92. The van der Waals surface area contributed by atoms with Crippen molar-refractivity contribution in [1.82, 2.24) is 0 Å². The van der Waals surface area contributed by atoms with Gasteiger partial charge in [0.25, 0.3) is 0 Å². The number of hydrogen-bond donors (Lipinski definition) is 0. The first-order valence-corrected chi connectivity index (χ1v) is 5.69. The van der Waals surface area contributed by atoms with Crippen LogP contribution in [-0.2, 0) is 9.47 Å². The molecule has 16 heavy (non-hydrogen) atoms. The summed E-state index contributed by atoms with van der Waals surface area (Å²) in [7, 11) is 4.94. The molecule has 4 nitrogen and oxygen atoms in total. The van der Waals surface area contributed by atoms with E-state index in [0.717, 1.165) is 0 Å². The van der Waals surface area contributed by atoms with Crippen molar-refractivity contribution in [3.05, 3.63) is 35.4 Å². The van der Waals surface area contributed by atoms with E-state index >= 15 is 0 Å². The van der Waals surface area contributed by atoms with Gasteiger partial charge in [0.05, 0.1) is 25.3 Å². The van der Waals surface area contributed by atoms with Crippen LogP contribution in [0.1, 0.15) is 20.7 Å². The molecule has 1 unspecified atom stereocenters. The van der Waals surface area contributed by atoms with Crippen molar-refractivity contribution in [1.29, 1.82) is 0 Å². The summed E-state index contributed by atoms with van der Waals surface area (Å²) >= 11 is 0. The van der Waals surface area contributed by atoms with Crippen molar-refractivity contribution in [2.24, 2.45) is 0 Å². The van der Waals surface area contributed by atoms with Crippen LogP contribution in [-0.4, -0.2) is 32.8 Å². The lowest BCUT2D eigenvalue weighted by Crippen LogP contribution is -2.11. The van der Waals surface area contributed by atoms with Crippen LogP contribution in [0.5, 0.6) is 0 Å². The summed E-state index contributed by atoms with van der Waals surface area (Å²) in [5, 5.41) is 0. The van der Waals surface area contributed by atoms with Crippen molar-refractivity contribution >= 4 is 21.2 Å². The lowest BCUT2D eigenvalue weighted by Gasteiger charge is -2.04. The maximum Gasteiger partial charge on any atom is 0.338 e. The van der Waals surface area contributed by atoms with Gasteiger partial charge in [0, 0.05) is 0 Å². The molecule has 0 N–H and O–H groups in total. The van der Waals surface area contributed by atoms with Crippen LogP contribution < -0.4 is 0 Å². The number of rotatable bonds is 2. The van der Waals surface area contributed by atoms with E-state index in [1.165, 1.54) is 26.4 Å². The molecule has 0 heterocycles. The van der Waals surface area contributed by atoms with E-state index in [1.54, 1.807) is 12.1 Å². The average Bonchev–Trinajstić information content (AvgIpc) is 2.39. The molecule has 0 fully saturated rings. The fourth-order valence-electron chi connectivity index (χ4n) is 1.06. The Hall–Kier alpha value is -1.41. The van der Waals surface area contributed by atoms with E-state index < -0.39 is 11.9 Å². The molecule has 0 aliphatic rings. The zero-order valence-corrected chi connectivity index (χ0v) is 10.7. The maximum atomic E-state index is 11.2. The molecule has 0 aromatic heterocycles. The van der Waals surface area contributed by atoms with Crippen LogP contribution in [0.25, 0.3) is 0 Å². The van der Waals surface area contributed by atoms with E-state index in [9.17, 15) is 9.59 Å². The fraction of sp³-hybridized carbons (Fsp3) is 0.273. The molecular formula is C11H15O4P. The SMILES string of the molecule is COC(=O)c1ccccc1C(=O)OC.CP. The smallest absolute Gasteiger partial charge is 0.338 e. The molecule has 0 amide bonds. The molecule has 0 spiro atoms. The second-order valence-corrected chi connectivity index (χ2v) is 2.53. The Morgan fingerprint density at radius 2 is 1.25 bits per heavy atom. The first-order chi connectivity index (χ1) is 7.70. The molecule has 0 saturated carbocycles. The summed E-state index contributed by atoms with van der Waals surface area (Å²) in [6.07, 6.45) is 0. The van der Waals surface area contributed by atoms with Crippen molar-refractivity contribution in [2.75, 3.05) is 20.9 Å². The van der Waals surface area contributed by atoms with Gasteiger partial charge in [-0.2, -0.15) is 0 Å². The zero-order valence-electron chi connectivity index (χ0n) is 9.52. The highest BCUT2D eigenvalue weighted by molar-refractivity contribution is 7.15. The number of esters is 2. The third-order valence-electron chi connectivity index (χ3n) is 1.74. The van der Waals surface area contributed by atoms with Crippen molar-refractivity contribution in [3.63, 3.8) is 0 Å². The highest BCUT2D eigenvalue weighted by Gasteiger charge is 2.16. The Balaban J connectivity index is 0.00000106. The lowest BCUT2D eigenvalue weighted by atomic mass is 10.1. The molecule has 1 aromatic rings.